The van der Waals surface area contributed by atoms with Crippen molar-refractivity contribution in [1.82, 2.24) is 0 Å². The molecular weight excluding hydrogens is 292 g/mol. The number of carbonyl (C=O) groups excluding carboxylic acids is 2. The van der Waals surface area contributed by atoms with Gasteiger partial charge in [-0.2, -0.15) is 0 Å². The summed E-state index contributed by atoms with van der Waals surface area (Å²) < 4.78 is 11.0. The maximum atomic E-state index is 13.1. The average molecular weight is 316 g/mol. The van der Waals surface area contributed by atoms with Crippen LogP contribution in [-0.4, -0.2) is 30.6 Å². The summed E-state index contributed by atoms with van der Waals surface area (Å²) in [5, 5.41) is 0. The highest BCUT2D eigenvalue weighted by Gasteiger charge is 2.57. The molecule has 1 atom stereocenters. The molecule has 1 aliphatic heterocycles. The Morgan fingerprint density at radius 3 is 2.17 bits per heavy atom. The minimum atomic E-state index is -0.930. The summed E-state index contributed by atoms with van der Waals surface area (Å²) in [6.07, 6.45) is 2.81. The minimum absolute atomic E-state index is 0.0629. The summed E-state index contributed by atoms with van der Waals surface area (Å²) >= 11 is 0. The summed E-state index contributed by atoms with van der Waals surface area (Å²) in [5.41, 5.74) is 3.01. The molecule has 1 aliphatic carbocycles. The van der Waals surface area contributed by atoms with Gasteiger partial charge in [-0.3, -0.25) is 9.59 Å². The Hall–Kier alpha value is -1.68. The molecule has 2 aliphatic rings. The van der Waals surface area contributed by atoms with Crippen LogP contribution in [0.25, 0.3) is 0 Å². The van der Waals surface area contributed by atoms with Crippen LogP contribution in [0.15, 0.2) is 12.1 Å². The van der Waals surface area contributed by atoms with Crippen LogP contribution in [0.2, 0.25) is 0 Å². The van der Waals surface area contributed by atoms with E-state index < -0.39 is 11.5 Å². The van der Waals surface area contributed by atoms with Crippen LogP contribution in [0.5, 0.6) is 0 Å². The van der Waals surface area contributed by atoms with E-state index >= 15 is 0 Å². The van der Waals surface area contributed by atoms with Crippen molar-refractivity contribution in [2.45, 2.75) is 64.1 Å². The summed E-state index contributed by atoms with van der Waals surface area (Å²) in [4.78, 5) is 25.6. The van der Waals surface area contributed by atoms with Crippen LogP contribution in [0.3, 0.4) is 0 Å². The van der Waals surface area contributed by atoms with Crippen molar-refractivity contribution in [3.8, 4) is 0 Å². The number of benzene rings is 1. The predicted octanol–water partition coefficient (Wildman–Crippen LogP) is 3.15. The summed E-state index contributed by atoms with van der Waals surface area (Å²) in [7, 11) is 1.69. The number of hydrogen-bond donors (Lipinski definition) is 0. The molecule has 0 aromatic heterocycles. The number of carbonyl (C=O) groups is 2. The topological polar surface area (TPSA) is 52.6 Å². The molecule has 4 heteroatoms. The Morgan fingerprint density at radius 2 is 1.65 bits per heavy atom. The second-order valence-corrected chi connectivity index (χ2v) is 6.96. The van der Waals surface area contributed by atoms with Gasteiger partial charge in [-0.25, -0.2) is 0 Å². The number of ether oxygens (including phenoxy) is 2. The lowest BCUT2D eigenvalue weighted by Crippen LogP contribution is -2.42. The average Bonchev–Trinajstić information content (AvgIpc) is 2.72. The van der Waals surface area contributed by atoms with Gasteiger partial charge in [0, 0.05) is 7.11 Å². The van der Waals surface area contributed by atoms with Gasteiger partial charge in [0.2, 0.25) is 0 Å². The van der Waals surface area contributed by atoms with Gasteiger partial charge in [0.25, 0.3) is 0 Å². The fourth-order valence-corrected chi connectivity index (χ4v) is 4.21. The van der Waals surface area contributed by atoms with E-state index in [1.165, 1.54) is 0 Å². The SMILES string of the molecule is COC1CCC2(CC1)OC(=O)C(c1c(C)cc(C)cc1C)C2=O. The van der Waals surface area contributed by atoms with E-state index in [4.69, 9.17) is 9.47 Å². The number of methoxy groups -OCH3 is 1. The van der Waals surface area contributed by atoms with Gasteiger partial charge in [-0.1, -0.05) is 17.7 Å². The molecule has 1 spiro atoms. The third kappa shape index (κ3) is 2.59. The van der Waals surface area contributed by atoms with Crippen molar-refractivity contribution in [3.63, 3.8) is 0 Å². The maximum Gasteiger partial charge on any atom is 0.322 e. The minimum Gasteiger partial charge on any atom is -0.450 e. The van der Waals surface area contributed by atoms with Gasteiger partial charge >= 0.3 is 5.97 Å². The Labute approximate surface area is 137 Å². The fraction of sp³-hybridized carbons (Fsp3) is 0.579. The Balaban J connectivity index is 1.94. The first kappa shape index (κ1) is 16.2. The van der Waals surface area contributed by atoms with Crippen LogP contribution in [0.1, 0.15) is 53.9 Å². The first-order valence-corrected chi connectivity index (χ1v) is 8.25. The largest absolute Gasteiger partial charge is 0.450 e. The Bertz CT molecular complexity index is 630. The number of ketones is 1. The molecule has 0 N–H and O–H groups in total. The number of esters is 1. The molecule has 1 aromatic rings. The van der Waals surface area contributed by atoms with Crippen molar-refractivity contribution in [3.05, 3.63) is 34.4 Å². The highest BCUT2D eigenvalue weighted by molar-refractivity contribution is 6.14. The van der Waals surface area contributed by atoms with Gasteiger partial charge in [-0.05, 0) is 63.1 Å². The third-order valence-electron chi connectivity index (χ3n) is 5.34. The van der Waals surface area contributed by atoms with Crippen LogP contribution in [0.4, 0.5) is 0 Å². The van der Waals surface area contributed by atoms with Crippen molar-refractivity contribution < 1.29 is 19.1 Å². The first-order chi connectivity index (χ1) is 10.9. The fourth-order valence-electron chi connectivity index (χ4n) is 4.21. The summed E-state index contributed by atoms with van der Waals surface area (Å²) in [5.74, 6) is -1.22. The molecule has 2 fully saturated rings. The van der Waals surface area contributed by atoms with Gasteiger partial charge in [0.05, 0.1) is 6.10 Å². The number of aryl methyl sites for hydroxylation is 3. The normalized spacial score (nSPS) is 30.8. The van der Waals surface area contributed by atoms with E-state index in [0.29, 0.717) is 12.8 Å². The molecule has 124 valence electrons. The zero-order valence-electron chi connectivity index (χ0n) is 14.3. The van der Waals surface area contributed by atoms with E-state index in [2.05, 4.69) is 0 Å². The number of rotatable bonds is 2. The lowest BCUT2D eigenvalue weighted by molar-refractivity contribution is -0.157. The van der Waals surface area contributed by atoms with Crippen molar-refractivity contribution in [1.29, 1.82) is 0 Å². The van der Waals surface area contributed by atoms with E-state index in [9.17, 15) is 9.59 Å². The molecule has 1 unspecified atom stereocenters. The van der Waals surface area contributed by atoms with E-state index in [1.54, 1.807) is 7.11 Å². The molecule has 4 nitrogen and oxygen atoms in total. The second-order valence-electron chi connectivity index (χ2n) is 6.96. The lowest BCUT2D eigenvalue weighted by atomic mass is 9.76. The monoisotopic (exact) mass is 316 g/mol. The Kier molecular flexibility index (Phi) is 4.05. The maximum absolute atomic E-state index is 13.1. The zero-order chi connectivity index (χ0) is 16.8. The molecular formula is C19H24O4. The lowest BCUT2D eigenvalue weighted by Gasteiger charge is -2.33. The molecule has 23 heavy (non-hydrogen) atoms. The number of Topliss-reactive ketones (excluding diaryl/α,β-unsaturated/α-hetero) is 1. The standard InChI is InChI=1S/C19H24O4/c1-11-9-12(2)15(13(3)10-11)16-17(20)19(23-18(16)21)7-5-14(22-4)6-8-19/h9-10,14,16H,5-8H2,1-4H3. The Morgan fingerprint density at radius 1 is 1.09 bits per heavy atom. The van der Waals surface area contributed by atoms with Gasteiger partial charge in [-0.15, -0.1) is 0 Å². The molecule has 1 saturated heterocycles. The highest BCUT2D eigenvalue weighted by atomic mass is 16.6. The van der Waals surface area contributed by atoms with Gasteiger partial charge < -0.3 is 9.47 Å². The molecule has 3 rings (SSSR count). The molecule has 1 aromatic carbocycles. The molecule has 0 amide bonds. The van der Waals surface area contributed by atoms with Crippen molar-refractivity contribution >= 4 is 11.8 Å². The number of hydrogen-bond acceptors (Lipinski definition) is 4. The highest BCUT2D eigenvalue weighted by Crippen LogP contribution is 2.45. The first-order valence-electron chi connectivity index (χ1n) is 8.25. The van der Waals surface area contributed by atoms with Crippen molar-refractivity contribution in [2.24, 2.45) is 0 Å². The zero-order valence-corrected chi connectivity index (χ0v) is 14.3. The third-order valence-corrected chi connectivity index (χ3v) is 5.34. The summed E-state index contributed by atoms with van der Waals surface area (Å²) in [6.45, 7) is 5.94. The van der Waals surface area contributed by atoms with E-state index in [0.717, 1.165) is 35.1 Å². The van der Waals surface area contributed by atoms with Crippen LogP contribution >= 0.6 is 0 Å². The van der Waals surface area contributed by atoms with Gasteiger partial charge in [0.15, 0.2) is 11.4 Å². The second kappa shape index (κ2) is 5.75. The predicted molar refractivity (Wildman–Crippen MR) is 86.5 cm³/mol. The quantitative estimate of drug-likeness (QED) is 0.621. The molecule has 1 heterocycles. The van der Waals surface area contributed by atoms with Crippen molar-refractivity contribution in [2.75, 3.05) is 7.11 Å². The molecule has 1 saturated carbocycles. The molecule has 0 bridgehead atoms. The van der Waals surface area contributed by atoms with E-state index in [1.807, 2.05) is 32.9 Å². The van der Waals surface area contributed by atoms with Crippen LogP contribution in [-0.2, 0) is 19.1 Å². The van der Waals surface area contributed by atoms with Crippen LogP contribution in [0, 0.1) is 20.8 Å². The smallest absolute Gasteiger partial charge is 0.322 e. The molecule has 0 radical (unpaired) electrons. The van der Waals surface area contributed by atoms with Gasteiger partial charge in [0.1, 0.15) is 5.92 Å². The summed E-state index contributed by atoms with van der Waals surface area (Å²) in [6, 6.07) is 4.05. The van der Waals surface area contributed by atoms with E-state index in [-0.39, 0.29) is 17.9 Å². The van der Waals surface area contributed by atoms with Crippen LogP contribution < -0.4 is 0 Å².